The number of amides is 1. The molecular weight excluding hydrogens is 426 g/mol. The van der Waals surface area contributed by atoms with Gasteiger partial charge in [0.25, 0.3) is 5.91 Å². The number of anilines is 1. The molecule has 0 spiro atoms. The van der Waals surface area contributed by atoms with E-state index in [9.17, 15) is 9.59 Å². The van der Waals surface area contributed by atoms with Crippen molar-refractivity contribution in [2.75, 3.05) is 33.3 Å². The van der Waals surface area contributed by atoms with Gasteiger partial charge in [0.2, 0.25) is 0 Å². The third-order valence-electron chi connectivity index (χ3n) is 4.81. The van der Waals surface area contributed by atoms with Crippen molar-refractivity contribution in [1.82, 2.24) is 0 Å². The first-order valence-corrected chi connectivity index (χ1v) is 10.0. The summed E-state index contributed by atoms with van der Waals surface area (Å²) in [6.07, 6.45) is -2.19. The molecule has 1 amide bonds. The van der Waals surface area contributed by atoms with Crippen LogP contribution in [0.25, 0.3) is 0 Å². The third kappa shape index (κ3) is 4.70. The summed E-state index contributed by atoms with van der Waals surface area (Å²) in [7, 11) is 4.51. The molecule has 0 radical (unpaired) electrons. The number of fused-ring (bicyclic) bond motifs is 1. The molecule has 1 N–H and O–H groups in total. The summed E-state index contributed by atoms with van der Waals surface area (Å²) in [6.45, 7) is 1.89. The lowest BCUT2D eigenvalue weighted by Gasteiger charge is -2.24. The van der Waals surface area contributed by atoms with Crippen LogP contribution in [0.2, 0.25) is 5.02 Å². The fourth-order valence-electron chi connectivity index (χ4n) is 3.48. The van der Waals surface area contributed by atoms with E-state index in [1.165, 1.54) is 21.3 Å². The number of carbonyl (C=O) groups excluding carboxylic acids is 2. The Morgan fingerprint density at radius 1 is 1.10 bits per heavy atom. The fraction of sp³-hybridized carbons (Fsp3) is 0.364. The summed E-state index contributed by atoms with van der Waals surface area (Å²) in [6, 6.07) is 8.59. The summed E-state index contributed by atoms with van der Waals surface area (Å²) in [5, 5.41) is 3.20. The van der Waals surface area contributed by atoms with Gasteiger partial charge in [-0.3, -0.25) is 9.59 Å². The predicted molar refractivity (Wildman–Crippen MR) is 114 cm³/mol. The van der Waals surface area contributed by atoms with Gasteiger partial charge in [-0.25, -0.2) is 0 Å². The van der Waals surface area contributed by atoms with Gasteiger partial charge < -0.3 is 29.0 Å². The SMILES string of the molecule is CCOC(=O)C[C@H]1O[C@H](c2cccc(OC)c2OC)c2cc(Cl)cc(OC)c2NC1=O. The van der Waals surface area contributed by atoms with Gasteiger partial charge in [-0.15, -0.1) is 0 Å². The Morgan fingerprint density at radius 2 is 1.84 bits per heavy atom. The number of halogens is 1. The van der Waals surface area contributed by atoms with E-state index in [2.05, 4.69) is 5.32 Å². The van der Waals surface area contributed by atoms with Crippen LogP contribution in [0, 0.1) is 0 Å². The van der Waals surface area contributed by atoms with Crippen molar-refractivity contribution < 1.29 is 33.3 Å². The predicted octanol–water partition coefficient (Wildman–Crippen LogP) is 3.75. The Morgan fingerprint density at radius 3 is 2.48 bits per heavy atom. The molecule has 3 rings (SSSR count). The van der Waals surface area contributed by atoms with Crippen molar-refractivity contribution in [3.05, 3.63) is 46.5 Å². The molecule has 0 aliphatic carbocycles. The average molecular weight is 450 g/mol. The number of para-hydroxylation sites is 1. The second-order valence-electron chi connectivity index (χ2n) is 6.66. The molecule has 0 saturated carbocycles. The Labute approximate surface area is 185 Å². The van der Waals surface area contributed by atoms with Crippen LogP contribution in [-0.2, 0) is 19.1 Å². The van der Waals surface area contributed by atoms with Crippen LogP contribution in [0.4, 0.5) is 5.69 Å². The molecule has 31 heavy (non-hydrogen) atoms. The maximum absolute atomic E-state index is 12.9. The molecule has 0 bridgehead atoms. The van der Waals surface area contributed by atoms with E-state index in [1.807, 2.05) is 0 Å². The normalized spacial score (nSPS) is 17.8. The molecule has 2 aromatic rings. The van der Waals surface area contributed by atoms with Crippen molar-refractivity contribution in [2.24, 2.45) is 0 Å². The van der Waals surface area contributed by atoms with E-state index in [0.29, 0.717) is 39.1 Å². The largest absolute Gasteiger partial charge is 0.495 e. The van der Waals surface area contributed by atoms with Crippen LogP contribution in [0.1, 0.15) is 30.6 Å². The summed E-state index contributed by atoms with van der Waals surface area (Å²) in [5.74, 6) is 0.242. The van der Waals surface area contributed by atoms with Crippen LogP contribution in [0.15, 0.2) is 30.3 Å². The average Bonchev–Trinajstić information content (AvgIpc) is 2.89. The zero-order valence-corrected chi connectivity index (χ0v) is 18.4. The molecule has 2 aromatic carbocycles. The summed E-state index contributed by atoms with van der Waals surface area (Å²) in [4.78, 5) is 25.0. The molecule has 2 atom stereocenters. The quantitative estimate of drug-likeness (QED) is 0.643. The molecule has 1 aliphatic heterocycles. The van der Waals surface area contributed by atoms with Crippen LogP contribution in [0.5, 0.6) is 17.2 Å². The van der Waals surface area contributed by atoms with Crippen LogP contribution in [-0.4, -0.2) is 45.9 Å². The lowest BCUT2D eigenvalue weighted by Crippen LogP contribution is -2.32. The molecule has 0 unspecified atom stereocenters. The molecule has 0 aromatic heterocycles. The first-order valence-electron chi connectivity index (χ1n) is 9.63. The highest BCUT2D eigenvalue weighted by Gasteiger charge is 2.36. The number of hydrogen-bond donors (Lipinski definition) is 1. The van der Waals surface area contributed by atoms with Gasteiger partial charge in [0, 0.05) is 22.2 Å². The van der Waals surface area contributed by atoms with E-state index >= 15 is 0 Å². The number of rotatable bonds is 7. The van der Waals surface area contributed by atoms with Crippen LogP contribution in [0.3, 0.4) is 0 Å². The number of esters is 1. The van der Waals surface area contributed by atoms with E-state index in [4.69, 9.17) is 35.3 Å². The minimum absolute atomic E-state index is 0.198. The van der Waals surface area contributed by atoms with Gasteiger partial charge in [0.15, 0.2) is 11.5 Å². The first kappa shape index (κ1) is 22.7. The second-order valence-corrected chi connectivity index (χ2v) is 7.09. The number of benzene rings is 2. The molecule has 1 aliphatic rings. The highest BCUT2D eigenvalue weighted by Crippen LogP contribution is 2.46. The van der Waals surface area contributed by atoms with Gasteiger partial charge in [-0.1, -0.05) is 23.7 Å². The standard InChI is InChI=1S/C22H24ClNO7/c1-5-30-18(25)11-17-22(26)24-19-14(9-12(23)10-16(19)28-3)20(31-17)13-7-6-8-15(27-2)21(13)29-4/h6-10,17,20H,5,11H2,1-4H3,(H,24,26)/t17-,20-/m1/s1. The monoisotopic (exact) mass is 449 g/mol. The number of carbonyl (C=O) groups is 2. The topological polar surface area (TPSA) is 92.3 Å². The Bertz CT molecular complexity index is 979. The summed E-state index contributed by atoms with van der Waals surface area (Å²) >= 11 is 6.32. The number of methoxy groups -OCH3 is 3. The lowest BCUT2D eigenvalue weighted by molar-refractivity contribution is -0.150. The van der Waals surface area contributed by atoms with E-state index in [1.54, 1.807) is 37.3 Å². The number of ether oxygens (including phenoxy) is 5. The van der Waals surface area contributed by atoms with Gasteiger partial charge in [-0.2, -0.15) is 0 Å². The lowest BCUT2D eigenvalue weighted by atomic mass is 9.98. The molecular formula is C22H24ClNO7. The van der Waals surface area contributed by atoms with Crippen molar-refractivity contribution in [3.63, 3.8) is 0 Å². The smallest absolute Gasteiger partial charge is 0.308 e. The maximum atomic E-state index is 12.9. The van der Waals surface area contributed by atoms with E-state index in [0.717, 1.165) is 0 Å². The van der Waals surface area contributed by atoms with E-state index < -0.39 is 24.1 Å². The van der Waals surface area contributed by atoms with Crippen molar-refractivity contribution in [2.45, 2.75) is 25.6 Å². The fourth-order valence-corrected chi connectivity index (χ4v) is 3.69. The summed E-state index contributed by atoms with van der Waals surface area (Å²) < 4.78 is 27.6. The molecule has 9 heteroatoms. The van der Waals surface area contributed by atoms with Gasteiger partial charge in [-0.05, 0) is 19.1 Å². The molecule has 0 fully saturated rings. The minimum atomic E-state index is -1.11. The van der Waals surface area contributed by atoms with E-state index in [-0.39, 0.29) is 13.0 Å². The first-order chi connectivity index (χ1) is 14.9. The zero-order valence-electron chi connectivity index (χ0n) is 17.7. The maximum Gasteiger partial charge on any atom is 0.308 e. The Hall–Kier alpha value is -2.97. The van der Waals surface area contributed by atoms with Gasteiger partial charge in [0.05, 0.1) is 40.0 Å². The second kappa shape index (κ2) is 9.89. The highest BCUT2D eigenvalue weighted by molar-refractivity contribution is 6.31. The van der Waals surface area contributed by atoms with Crippen molar-refractivity contribution in [3.8, 4) is 17.2 Å². The third-order valence-corrected chi connectivity index (χ3v) is 5.03. The summed E-state index contributed by atoms with van der Waals surface area (Å²) in [5.41, 5.74) is 1.55. The van der Waals surface area contributed by atoms with Gasteiger partial charge >= 0.3 is 5.97 Å². The molecule has 1 heterocycles. The number of hydrogen-bond acceptors (Lipinski definition) is 7. The number of nitrogens with one attached hydrogen (secondary N) is 1. The van der Waals surface area contributed by atoms with Crippen molar-refractivity contribution in [1.29, 1.82) is 0 Å². The molecule has 166 valence electrons. The highest BCUT2D eigenvalue weighted by atomic mass is 35.5. The molecule has 8 nitrogen and oxygen atoms in total. The Balaban J connectivity index is 2.18. The van der Waals surface area contributed by atoms with Crippen LogP contribution < -0.4 is 19.5 Å². The zero-order chi connectivity index (χ0) is 22.5. The minimum Gasteiger partial charge on any atom is -0.495 e. The Kier molecular flexibility index (Phi) is 7.25. The van der Waals surface area contributed by atoms with Crippen molar-refractivity contribution >= 4 is 29.2 Å². The van der Waals surface area contributed by atoms with Gasteiger partial charge in [0.1, 0.15) is 18.0 Å². The van der Waals surface area contributed by atoms with Crippen LogP contribution >= 0.6 is 11.6 Å². The molecule has 0 saturated heterocycles.